The number of nitrogens with one attached hydrogen (secondary N) is 2. The maximum Gasteiger partial charge on any atom is 0.291 e. The van der Waals surface area contributed by atoms with Crippen molar-refractivity contribution in [2.45, 2.75) is 39.3 Å². The predicted molar refractivity (Wildman–Crippen MR) is 86.0 cm³/mol. The molecular formula is C15H21N5O3. The maximum absolute atomic E-state index is 12.6. The van der Waals surface area contributed by atoms with E-state index in [2.05, 4.69) is 15.7 Å². The molecule has 8 nitrogen and oxygen atoms in total. The number of nitrogens with zero attached hydrogens (tertiary/aromatic N) is 3. The number of aromatic nitrogens is 3. The zero-order valence-electron chi connectivity index (χ0n) is 13.5. The second-order valence-corrected chi connectivity index (χ2v) is 6.30. The number of fused-ring (bicyclic) bond motifs is 1. The van der Waals surface area contributed by atoms with E-state index in [1.807, 2.05) is 13.8 Å². The molecule has 0 spiro atoms. The van der Waals surface area contributed by atoms with Crippen molar-refractivity contribution in [1.82, 2.24) is 19.5 Å². The second kappa shape index (κ2) is 5.60. The number of carbonyl (C=O) groups is 1. The Hall–Kier alpha value is -2.51. The summed E-state index contributed by atoms with van der Waals surface area (Å²) in [5.74, 6) is -0.645. The van der Waals surface area contributed by atoms with Gasteiger partial charge in [0.2, 0.25) is 5.88 Å². The van der Waals surface area contributed by atoms with Gasteiger partial charge in [0.05, 0.1) is 11.9 Å². The van der Waals surface area contributed by atoms with Crippen LogP contribution in [0.5, 0.6) is 5.88 Å². The highest BCUT2D eigenvalue weighted by atomic mass is 16.3. The Morgan fingerprint density at radius 3 is 2.74 bits per heavy atom. The highest BCUT2D eigenvalue weighted by Gasteiger charge is 2.29. The van der Waals surface area contributed by atoms with Crippen molar-refractivity contribution in [2.24, 2.45) is 5.92 Å². The van der Waals surface area contributed by atoms with E-state index in [1.165, 1.54) is 6.20 Å². The lowest BCUT2D eigenvalue weighted by atomic mass is 10.2. The quantitative estimate of drug-likeness (QED) is 0.756. The molecule has 3 N–H and O–H groups in total. The molecule has 0 unspecified atom stereocenters. The smallest absolute Gasteiger partial charge is 0.291 e. The van der Waals surface area contributed by atoms with Crippen LogP contribution in [0.1, 0.15) is 37.0 Å². The first-order valence-electron chi connectivity index (χ1n) is 7.76. The van der Waals surface area contributed by atoms with E-state index in [0.29, 0.717) is 17.9 Å². The van der Waals surface area contributed by atoms with Gasteiger partial charge in [-0.15, -0.1) is 0 Å². The van der Waals surface area contributed by atoms with Crippen molar-refractivity contribution < 1.29 is 9.90 Å². The molecule has 23 heavy (non-hydrogen) atoms. The minimum Gasteiger partial charge on any atom is -0.494 e. The monoisotopic (exact) mass is 319 g/mol. The normalized spacial score (nSPS) is 14.4. The summed E-state index contributed by atoms with van der Waals surface area (Å²) in [5.41, 5.74) is 0.201. The molecular weight excluding hydrogens is 298 g/mol. The fraction of sp³-hybridized carbons (Fsp3) is 0.533. The summed E-state index contributed by atoms with van der Waals surface area (Å²) in [5, 5.41) is 20.4. The van der Waals surface area contributed by atoms with Gasteiger partial charge in [-0.2, -0.15) is 9.61 Å². The van der Waals surface area contributed by atoms with Gasteiger partial charge in [-0.25, -0.2) is 0 Å². The van der Waals surface area contributed by atoms with E-state index >= 15 is 0 Å². The Morgan fingerprint density at radius 1 is 1.48 bits per heavy atom. The highest BCUT2D eigenvalue weighted by Crippen LogP contribution is 2.25. The molecule has 0 aromatic carbocycles. The fourth-order valence-corrected chi connectivity index (χ4v) is 2.59. The standard InChI is InChI=1S/C15H21N5O3/c1-8(2)7-19-13-10(16-3)6-17-20(13)15(23)11(14(19)22)12(21)18-9-4-5-9/h6,8-9,16,22H,4-5,7H2,1-3H3,(H,18,21). The van der Waals surface area contributed by atoms with Crippen LogP contribution in [0, 0.1) is 5.92 Å². The molecule has 1 saturated carbocycles. The first-order valence-corrected chi connectivity index (χ1v) is 7.76. The Labute approximate surface area is 133 Å². The molecule has 2 heterocycles. The van der Waals surface area contributed by atoms with E-state index in [-0.39, 0.29) is 23.4 Å². The molecule has 0 bridgehead atoms. The van der Waals surface area contributed by atoms with Gasteiger partial charge in [0.15, 0.2) is 11.2 Å². The third-order valence-corrected chi connectivity index (χ3v) is 3.84. The molecule has 1 aliphatic carbocycles. The van der Waals surface area contributed by atoms with Crippen LogP contribution in [0.4, 0.5) is 5.69 Å². The van der Waals surface area contributed by atoms with E-state index in [0.717, 1.165) is 17.4 Å². The van der Waals surface area contributed by atoms with Crippen LogP contribution >= 0.6 is 0 Å². The molecule has 0 aliphatic heterocycles. The molecule has 3 rings (SSSR count). The SMILES string of the molecule is CNc1cnn2c(=O)c(C(=O)NC3CC3)c(O)n(CC(C)C)c12. The van der Waals surface area contributed by atoms with Crippen molar-refractivity contribution in [1.29, 1.82) is 0 Å². The summed E-state index contributed by atoms with van der Waals surface area (Å²) in [7, 11) is 1.71. The average Bonchev–Trinajstić information content (AvgIpc) is 3.18. The largest absolute Gasteiger partial charge is 0.494 e. The van der Waals surface area contributed by atoms with Crippen LogP contribution in [-0.4, -0.2) is 38.3 Å². The molecule has 2 aromatic rings. The molecule has 0 atom stereocenters. The van der Waals surface area contributed by atoms with Crippen molar-refractivity contribution in [2.75, 3.05) is 12.4 Å². The highest BCUT2D eigenvalue weighted by molar-refractivity contribution is 5.96. The number of amides is 1. The summed E-state index contributed by atoms with van der Waals surface area (Å²) in [6.07, 6.45) is 3.32. The van der Waals surface area contributed by atoms with Gasteiger partial charge in [-0.3, -0.25) is 14.2 Å². The van der Waals surface area contributed by atoms with Gasteiger partial charge in [-0.05, 0) is 18.8 Å². The first kappa shape index (κ1) is 15.4. The summed E-state index contributed by atoms with van der Waals surface area (Å²) in [6, 6.07) is 0.0982. The van der Waals surface area contributed by atoms with Gasteiger partial charge >= 0.3 is 0 Å². The second-order valence-electron chi connectivity index (χ2n) is 6.30. The molecule has 1 fully saturated rings. The maximum atomic E-state index is 12.6. The van der Waals surface area contributed by atoms with Crippen LogP contribution in [0.15, 0.2) is 11.0 Å². The number of hydrogen-bond acceptors (Lipinski definition) is 5. The van der Waals surface area contributed by atoms with Crippen molar-refractivity contribution in [3.63, 3.8) is 0 Å². The first-order chi connectivity index (χ1) is 10.9. The van der Waals surface area contributed by atoms with Crippen molar-refractivity contribution >= 4 is 17.2 Å². The molecule has 1 amide bonds. The van der Waals surface area contributed by atoms with Crippen molar-refractivity contribution in [3.8, 4) is 5.88 Å². The lowest BCUT2D eigenvalue weighted by molar-refractivity contribution is 0.0944. The Bertz CT molecular complexity index is 817. The molecule has 1 aliphatic rings. The Kier molecular flexibility index (Phi) is 3.75. The topological polar surface area (TPSA) is 101 Å². The van der Waals surface area contributed by atoms with Gasteiger partial charge in [0.1, 0.15) is 0 Å². The minimum absolute atomic E-state index is 0.0982. The Balaban J connectivity index is 2.24. The molecule has 124 valence electrons. The zero-order valence-corrected chi connectivity index (χ0v) is 13.5. The van der Waals surface area contributed by atoms with Crippen LogP contribution in [0.25, 0.3) is 5.65 Å². The summed E-state index contributed by atoms with van der Waals surface area (Å²) in [6.45, 7) is 4.44. The molecule has 2 aromatic heterocycles. The molecule has 0 radical (unpaired) electrons. The number of hydrogen-bond donors (Lipinski definition) is 3. The van der Waals surface area contributed by atoms with E-state index in [9.17, 15) is 14.7 Å². The number of carbonyl (C=O) groups excluding carboxylic acids is 1. The number of rotatable bonds is 5. The number of aromatic hydroxyl groups is 1. The van der Waals surface area contributed by atoms with Gasteiger partial charge in [0, 0.05) is 19.6 Å². The summed E-state index contributed by atoms with van der Waals surface area (Å²) < 4.78 is 2.72. The summed E-state index contributed by atoms with van der Waals surface area (Å²) >= 11 is 0. The van der Waals surface area contributed by atoms with Crippen LogP contribution in [0.3, 0.4) is 0 Å². The third-order valence-electron chi connectivity index (χ3n) is 3.84. The van der Waals surface area contributed by atoms with Crippen LogP contribution in [0.2, 0.25) is 0 Å². The lowest BCUT2D eigenvalue weighted by Gasteiger charge is -2.17. The third kappa shape index (κ3) is 2.64. The van der Waals surface area contributed by atoms with Crippen molar-refractivity contribution in [3.05, 3.63) is 22.1 Å². The predicted octanol–water partition coefficient (Wildman–Crippen LogP) is 0.791. The molecule has 0 saturated heterocycles. The number of anilines is 1. The minimum atomic E-state index is -0.614. The van der Waals surface area contributed by atoms with Gasteiger partial charge in [0.25, 0.3) is 11.5 Å². The van der Waals surface area contributed by atoms with E-state index < -0.39 is 11.5 Å². The van der Waals surface area contributed by atoms with Gasteiger partial charge < -0.3 is 15.7 Å². The fourth-order valence-electron chi connectivity index (χ4n) is 2.59. The van der Waals surface area contributed by atoms with Gasteiger partial charge in [-0.1, -0.05) is 13.8 Å². The van der Waals surface area contributed by atoms with Crippen LogP contribution < -0.4 is 16.2 Å². The van der Waals surface area contributed by atoms with E-state index in [1.54, 1.807) is 11.6 Å². The Morgan fingerprint density at radius 2 is 2.17 bits per heavy atom. The van der Waals surface area contributed by atoms with E-state index in [4.69, 9.17) is 0 Å². The summed E-state index contributed by atoms with van der Waals surface area (Å²) in [4.78, 5) is 25.0. The molecule has 8 heteroatoms. The zero-order chi connectivity index (χ0) is 16.7. The average molecular weight is 319 g/mol. The van der Waals surface area contributed by atoms with Crippen LogP contribution in [-0.2, 0) is 6.54 Å². The lowest BCUT2D eigenvalue weighted by Crippen LogP contribution is -2.34.